The van der Waals surface area contributed by atoms with Crippen molar-refractivity contribution < 1.29 is 17.9 Å². The summed E-state index contributed by atoms with van der Waals surface area (Å²) in [7, 11) is -2.17. The lowest BCUT2D eigenvalue weighted by atomic mass is 10.2. The van der Waals surface area contributed by atoms with E-state index in [-0.39, 0.29) is 23.3 Å². The van der Waals surface area contributed by atoms with E-state index >= 15 is 0 Å². The predicted molar refractivity (Wildman–Crippen MR) is 78.5 cm³/mol. The minimum absolute atomic E-state index is 0.0111. The van der Waals surface area contributed by atoms with Crippen LogP contribution in [-0.4, -0.2) is 47.2 Å². The van der Waals surface area contributed by atoms with Crippen LogP contribution in [0.15, 0.2) is 29.2 Å². The number of carbonyl (C=O) groups is 1. The van der Waals surface area contributed by atoms with Gasteiger partial charge in [0.05, 0.1) is 18.1 Å². The molecule has 1 aromatic rings. The van der Waals surface area contributed by atoms with Gasteiger partial charge in [-0.05, 0) is 25.2 Å². The van der Waals surface area contributed by atoms with Crippen molar-refractivity contribution in [2.24, 2.45) is 0 Å². The van der Waals surface area contributed by atoms with Gasteiger partial charge in [-0.3, -0.25) is 4.79 Å². The first-order valence-electron chi connectivity index (χ1n) is 6.66. The number of hydrogen-bond donors (Lipinski definition) is 3. The first-order valence-corrected chi connectivity index (χ1v) is 8.14. The van der Waals surface area contributed by atoms with Gasteiger partial charge in [0.1, 0.15) is 0 Å². The summed E-state index contributed by atoms with van der Waals surface area (Å²) in [5, 5.41) is 5.89. The molecule has 3 N–H and O–H groups in total. The number of nitrogens with one attached hydrogen (secondary N) is 3. The van der Waals surface area contributed by atoms with Crippen LogP contribution in [0.4, 0.5) is 5.69 Å². The standard InChI is InChI=1S/C13H19N3O4S/c1-14-21(18,19)12-4-2-3-10(7-12)16-13(17)8-11-9-20-6-5-15-11/h2-4,7,11,14-15H,5-6,8-9H2,1H3,(H,16,17). The largest absolute Gasteiger partial charge is 0.378 e. The van der Waals surface area contributed by atoms with E-state index in [1.165, 1.54) is 19.2 Å². The highest BCUT2D eigenvalue weighted by Crippen LogP contribution is 2.15. The number of anilines is 1. The van der Waals surface area contributed by atoms with Gasteiger partial charge in [-0.15, -0.1) is 0 Å². The molecule has 1 aromatic carbocycles. The maximum Gasteiger partial charge on any atom is 0.240 e. The molecule has 1 aliphatic rings. The first kappa shape index (κ1) is 15.9. The van der Waals surface area contributed by atoms with Crippen LogP contribution in [0.2, 0.25) is 0 Å². The molecule has 0 spiro atoms. The minimum Gasteiger partial charge on any atom is -0.378 e. The molecular weight excluding hydrogens is 294 g/mol. The zero-order valence-corrected chi connectivity index (χ0v) is 12.6. The third-order valence-corrected chi connectivity index (χ3v) is 4.54. The molecule has 21 heavy (non-hydrogen) atoms. The number of rotatable bonds is 5. The molecule has 1 atom stereocenters. The first-order chi connectivity index (χ1) is 10.0. The quantitative estimate of drug-likeness (QED) is 0.706. The Kier molecular flexibility index (Phi) is 5.29. The Labute approximate surface area is 124 Å². The van der Waals surface area contributed by atoms with Gasteiger partial charge in [-0.25, -0.2) is 13.1 Å². The number of morpholine rings is 1. The molecule has 116 valence electrons. The number of amides is 1. The summed E-state index contributed by atoms with van der Waals surface area (Å²) in [6.45, 7) is 1.89. The lowest BCUT2D eigenvalue weighted by Crippen LogP contribution is -2.43. The minimum atomic E-state index is -3.52. The van der Waals surface area contributed by atoms with Gasteiger partial charge >= 0.3 is 0 Å². The van der Waals surface area contributed by atoms with E-state index < -0.39 is 10.0 Å². The fourth-order valence-electron chi connectivity index (χ4n) is 2.05. The van der Waals surface area contributed by atoms with Crippen molar-refractivity contribution in [3.63, 3.8) is 0 Å². The fraction of sp³-hybridized carbons (Fsp3) is 0.462. The maximum absolute atomic E-state index is 11.9. The molecule has 0 radical (unpaired) electrons. The highest BCUT2D eigenvalue weighted by atomic mass is 32.2. The molecule has 1 fully saturated rings. The lowest BCUT2D eigenvalue weighted by Gasteiger charge is -2.23. The molecular formula is C13H19N3O4S. The Balaban J connectivity index is 1.99. The van der Waals surface area contributed by atoms with Gasteiger partial charge in [0.15, 0.2) is 0 Å². The third kappa shape index (κ3) is 4.50. The van der Waals surface area contributed by atoms with Crippen molar-refractivity contribution in [2.75, 3.05) is 32.1 Å². The lowest BCUT2D eigenvalue weighted by molar-refractivity contribution is -0.117. The fourth-order valence-corrected chi connectivity index (χ4v) is 2.82. The second-order valence-corrected chi connectivity index (χ2v) is 6.60. The monoisotopic (exact) mass is 313 g/mol. The molecule has 7 nitrogen and oxygen atoms in total. The molecule has 2 rings (SSSR count). The maximum atomic E-state index is 11.9. The molecule has 0 bridgehead atoms. The van der Waals surface area contributed by atoms with Crippen LogP contribution in [0, 0.1) is 0 Å². The Hall–Kier alpha value is -1.48. The van der Waals surface area contributed by atoms with Crippen LogP contribution < -0.4 is 15.4 Å². The second kappa shape index (κ2) is 6.99. The zero-order chi connectivity index (χ0) is 15.3. The van der Waals surface area contributed by atoms with Crippen molar-refractivity contribution >= 4 is 21.6 Å². The Morgan fingerprint density at radius 1 is 1.48 bits per heavy atom. The van der Waals surface area contributed by atoms with Crippen LogP contribution in [-0.2, 0) is 19.6 Å². The van der Waals surface area contributed by atoms with E-state index in [2.05, 4.69) is 15.4 Å². The average molecular weight is 313 g/mol. The molecule has 8 heteroatoms. The van der Waals surface area contributed by atoms with Crippen molar-refractivity contribution in [1.29, 1.82) is 0 Å². The zero-order valence-electron chi connectivity index (χ0n) is 11.8. The predicted octanol–water partition coefficient (Wildman–Crippen LogP) is -0.0883. The summed E-state index contributed by atoms with van der Waals surface area (Å²) in [5.41, 5.74) is 0.452. The summed E-state index contributed by atoms with van der Waals surface area (Å²) in [5.74, 6) is -0.183. The average Bonchev–Trinajstić information content (AvgIpc) is 2.48. The molecule has 1 saturated heterocycles. The van der Waals surface area contributed by atoms with Gasteiger partial charge in [-0.1, -0.05) is 6.07 Å². The molecule has 1 amide bonds. The van der Waals surface area contributed by atoms with Crippen molar-refractivity contribution in [1.82, 2.24) is 10.0 Å². The summed E-state index contributed by atoms with van der Waals surface area (Å²) in [6.07, 6.45) is 0.281. The van der Waals surface area contributed by atoms with Gasteiger partial charge < -0.3 is 15.4 Å². The second-order valence-electron chi connectivity index (χ2n) is 4.71. The van der Waals surface area contributed by atoms with Gasteiger partial charge in [0.2, 0.25) is 15.9 Å². The van der Waals surface area contributed by atoms with Crippen LogP contribution in [0.5, 0.6) is 0 Å². The summed E-state index contributed by atoms with van der Waals surface area (Å²) in [4.78, 5) is 12.1. The van der Waals surface area contributed by atoms with E-state index in [0.717, 1.165) is 6.54 Å². The molecule has 0 aromatic heterocycles. The number of sulfonamides is 1. The van der Waals surface area contributed by atoms with Gasteiger partial charge in [0, 0.05) is 24.7 Å². The third-order valence-electron chi connectivity index (χ3n) is 3.13. The van der Waals surface area contributed by atoms with E-state index in [0.29, 0.717) is 18.9 Å². The Bertz CT molecular complexity index is 597. The summed E-state index contributed by atoms with van der Waals surface area (Å²) < 4.78 is 30.9. The van der Waals surface area contributed by atoms with Crippen molar-refractivity contribution in [2.45, 2.75) is 17.4 Å². The molecule has 0 saturated carbocycles. The van der Waals surface area contributed by atoms with Crippen LogP contribution in [0.25, 0.3) is 0 Å². The molecule has 1 heterocycles. The van der Waals surface area contributed by atoms with Gasteiger partial charge in [-0.2, -0.15) is 0 Å². The SMILES string of the molecule is CNS(=O)(=O)c1cccc(NC(=O)CC2COCCN2)c1. The Morgan fingerprint density at radius 2 is 2.29 bits per heavy atom. The summed E-state index contributed by atoms with van der Waals surface area (Å²) in [6, 6.07) is 6.12. The van der Waals surface area contributed by atoms with Crippen molar-refractivity contribution in [3.8, 4) is 0 Å². The van der Waals surface area contributed by atoms with Gasteiger partial charge in [0.25, 0.3) is 0 Å². The molecule has 1 aliphatic heterocycles. The number of ether oxygens (including phenoxy) is 1. The van der Waals surface area contributed by atoms with E-state index in [1.807, 2.05) is 0 Å². The van der Waals surface area contributed by atoms with E-state index in [9.17, 15) is 13.2 Å². The number of hydrogen-bond acceptors (Lipinski definition) is 5. The van der Waals surface area contributed by atoms with Crippen LogP contribution in [0.1, 0.15) is 6.42 Å². The smallest absolute Gasteiger partial charge is 0.240 e. The summed E-state index contributed by atoms with van der Waals surface area (Å²) >= 11 is 0. The number of carbonyl (C=O) groups excluding carboxylic acids is 1. The van der Waals surface area contributed by atoms with Crippen LogP contribution >= 0.6 is 0 Å². The highest BCUT2D eigenvalue weighted by molar-refractivity contribution is 7.89. The van der Waals surface area contributed by atoms with E-state index in [1.54, 1.807) is 12.1 Å². The normalized spacial score (nSPS) is 19.2. The Morgan fingerprint density at radius 3 is 2.95 bits per heavy atom. The topological polar surface area (TPSA) is 96.5 Å². The number of benzene rings is 1. The van der Waals surface area contributed by atoms with Crippen molar-refractivity contribution in [3.05, 3.63) is 24.3 Å². The molecule has 0 aliphatic carbocycles. The highest BCUT2D eigenvalue weighted by Gasteiger charge is 2.17. The van der Waals surface area contributed by atoms with E-state index in [4.69, 9.17) is 4.74 Å². The molecule has 1 unspecified atom stereocenters. The van der Waals surface area contributed by atoms with Crippen LogP contribution in [0.3, 0.4) is 0 Å².